The van der Waals surface area contributed by atoms with Crippen molar-refractivity contribution >= 4 is 17.2 Å². The van der Waals surface area contributed by atoms with Gasteiger partial charge in [0.25, 0.3) is 0 Å². The normalized spacial score (nSPS) is 15.6. The third kappa shape index (κ3) is 3.09. The lowest BCUT2D eigenvalue weighted by atomic mass is 10.0. The zero-order valence-corrected chi connectivity index (χ0v) is 12.5. The van der Waals surface area contributed by atoms with Gasteiger partial charge in [-0.3, -0.25) is 4.79 Å². The second kappa shape index (κ2) is 5.87. The van der Waals surface area contributed by atoms with E-state index in [2.05, 4.69) is 11.4 Å². The van der Waals surface area contributed by atoms with Gasteiger partial charge < -0.3 is 15.7 Å². The van der Waals surface area contributed by atoms with Crippen molar-refractivity contribution in [1.29, 1.82) is 0 Å². The maximum Gasteiger partial charge on any atom is 0.240 e. The lowest BCUT2D eigenvalue weighted by Crippen LogP contribution is -2.46. The average molecular weight is 302 g/mol. The number of thiophene rings is 1. The van der Waals surface area contributed by atoms with Gasteiger partial charge in [0, 0.05) is 18.0 Å². The second-order valence-corrected chi connectivity index (χ2v) is 6.36. The highest BCUT2D eigenvalue weighted by Crippen LogP contribution is 2.24. The SMILES string of the molecule is NC(Cc1ccc(O)cc1)C(=O)N1CCc2sccc2C1. The summed E-state index contributed by atoms with van der Waals surface area (Å²) in [6.07, 6.45) is 1.41. The van der Waals surface area contributed by atoms with E-state index in [1.807, 2.05) is 4.90 Å². The Bertz CT molecular complexity index is 636. The molecule has 0 saturated carbocycles. The van der Waals surface area contributed by atoms with Crippen molar-refractivity contribution in [1.82, 2.24) is 4.90 Å². The van der Waals surface area contributed by atoms with E-state index in [1.165, 1.54) is 10.4 Å². The number of nitrogens with zero attached hydrogens (tertiary/aromatic N) is 1. The van der Waals surface area contributed by atoms with Gasteiger partial charge in [-0.1, -0.05) is 12.1 Å². The van der Waals surface area contributed by atoms with E-state index in [0.717, 1.165) is 18.5 Å². The Kier molecular flexibility index (Phi) is 3.94. The Labute approximate surface area is 127 Å². The van der Waals surface area contributed by atoms with Crippen molar-refractivity contribution in [2.75, 3.05) is 6.54 Å². The molecule has 0 radical (unpaired) electrons. The highest BCUT2D eigenvalue weighted by Gasteiger charge is 2.25. The van der Waals surface area contributed by atoms with Crippen LogP contribution in [0.4, 0.5) is 0 Å². The summed E-state index contributed by atoms with van der Waals surface area (Å²) >= 11 is 1.76. The van der Waals surface area contributed by atoms with E-state index in [9.17, 15) is 9.90 Å². The molecule has 1 atom stereocenters. The molecule has 0 spiro atoms. The summed E-state index contributed by atoms with van der Waals surface area (Å²) in [7, 11) is 0. The van der Waals surface area contributed by atoms with E-state index in [-0.39, 0.29) is 11.7 Å². The van der Waals surface area contributed by atoms with Gasteiger partial charge in [0.2, 0.25) is 5.91 Å². The maximum absolute atomic E-state index is 12.5. The number of rotatable bonds is 3. The number of benzene rings is 1. The topological polar surface area (TPSA) is 66.6 Å². The summed E-state index contributed by atoms with van der Waals surface area (Å²) < 4.78 is 0. The van der Waals surface area contributed by atoms with Crippen LogP contribution < -0.4 is 5.73 Å². The summed E-state index contributed by atoms with van der Waals surface area (Å²) in [4.78, 5) is 15.7. The Morgan fingerprint density at radius 2 is 2.10 bits per heavy atom. The monoisotopic (exact) mass is 302 g/mol. The van der Waals surface area contributed by atoms with Crippen LogP contribution in [0.5, 0.6) is 5.75 Å². The molecule has 4 nitrogen and oxygen atoms in total. The Balaban J connectivity index is 1.64. The molecule has 2 aromatic rings. The molecule has 1 aliphatic rings. The number of carbonyl (C=O) groups is 1. The van der Waals surface area contributed by atoms with Gasteiger partial charge in [-0.05, 0) is 47.5 Å². The molecule has 1 aromatic carbocycles. The smallest absolute Gasteiger partial charge is 0.240 e. The van der Waals surface area contributed by atoms with E-state index in [4.69, 9.17) is 5.73 Å². The summed E-state index contributed by atoms with van der Waals surface area (Å²) in [5, 5.41) is 11.3. The van der Waals surface area contributed by atoms with Crippen LogP contribution in [0.3, 0.4) is 0 Å². The molecule has 1 amide bonds. The van der Waals surface area contributed by atoms with Crippen LogP contribution in [0.1, 0.15) is 16.0 Å². The standard InChI is InChI=1S/C16H18N2O2S/c17-14(9-11-1-3-13(19)4-2-11)16(20)18-7-5-15-12(10-18)6-8-21-15/h1-4,6,8,14,19H,5,7,9-10,17H2. The molecule has 1 aliphatic heterocycles. The zero-order valence-electron chi connectivity index (χ0n) is 11.7. The Morgan fingerprint density at radius 1 is 1.33 bits per heavy atom. The first kappa shape index (κ1) is 14.1. The van der Waals surface area contributed by atoms with Gasteiger partial charge in [0.1, 0.15) is 5.75 Å². The van der Waals surface area contributed by atoms with E-state index >= 15 is 0 Å². The van der Waals surface area contributed by atoms with E-state index in [0.29, 0.717) is 13.0 Å². The second-order valence-electron chi connectivity index (χ2n) is 5.36. The molecule has 5 heteroatoms. The van der Waals surface area contributed by atoms with Crippen molar-refractivity contribution in [2.24, 2.45) is 5.73 Å². The van der Waals surface area contributed by atoms with Crippen LogP contribution in [0.2, 0.25) is 0 Å². The molecule has 2 heterocycles. The zero-order chi connectivity index (χ0) is 14.8. The molecule has 0 saturated heterocycles. The first-order valence-electron chi connectivity index (χ1n) is 7.01. The Morgan fingerprint density at radius 3 is 2.86 bits per heavy atom. The number of nitrogens with two attached hydrogens (primary N) is 1. The van der Waals surface area contributed by atoms with Gasteiger partial charge >= 0.3 is 0 Å². The van der Waals surface area contributed by atoms with E-state index < -0.39 is 6.04 Å². The van der Waals surface area contributed by atoms with Crippen LogP contribution in [0.25, 0.3) is 0 Å². The van der Waals surface area contributed by atoms with Gasteiger partial charge in [-0.15, -0.1) is 11.3 Å². The number of phenolic OH excluding ortho intramolecular Hbond substituents is 1. The van der Waals surface area contributed by atoms with Gasteiger partial charge in [-0.25, -0.2) is 0 Å². The summed E-state index contributed by atoms with van der Waals surface area (Å²) in [6, 6.07) is 8.39. The highest BCUT2D eigenvalue weighted by atomic mass is 32.1. The molecule has 3 N–H and O–H groups in total. The largest absolute Gasteiger partial charge is 0.508 e. The minimum absolute atomic E-state index is 0.0000694. The minimum Gasteiger partial charge on any atom is -0.508 e. The van der Waals surface area contributed by atoms with Crippen LogP contribution in [0, 0.1) is 0 Å². The number of amides is 1. The molecule has 0 fully saturated rings. The van der Waals surface area contributed by atoms with Crippen molar-refractivity contribution in [3.8, 4) is 5.75 Å². The average Bonchev–Trinajstić information content (AvgIpc) is 2.96. The fourth-order valence-corrected chi connectivity index (χ4v) is 3.53. The van der Waals surface area contributed by atoms with Gasteiger partial charge in [0.05, 0.1) is 6.04 Å². The third-order valence-electron chi connectivity index (χ3n) is 3.83. The van der Waals surface area contributed by atoms with Crippen molar-refractivity contribution in [2.45, 2.75) is 25.4 Å². The van der Waals surface area contributed by atoms with Crippen LogP contribution >= 0.6 is 11.3 Å². The first-order chi connectivity index (χ1) is 10.1. The highest BCUT2D eigenvalue weighted by molar-refractivity contribution is 7.10. The molecule has 0 aliphatic carbocycles. The minimum atomic E-state index is -0.533. The lowest BCUT2D eigenvalue weighted by Gasteiger charge is -2.29. The molecule has 1 unspecified atom stereocenters. The van der Waals surface area contributed by atoms with Crippen LogP contribution in [0.15, 0.2) is 35.7 Å². The molecular formula is C16H18N2O2S. The summed E-state index contributed by atoms with van der Waals surface area (Å²) in [5.41, 5.74) is 8.27. The quantitative estimate of drug-likeness (QED) is 0.910. The molecule has 3 rings (SSSR count). The van der Waals surface area contributed by atoms with Crippen LogP contribution in [-0.4, -0.2) is 28.5 Å². The lowest BCUT2D eigenvalue weighted by molar-refractivity contribution is -0.133. The number of phenols is 1. The maximum atomic E-state index is 12.5. The summed E-state index contributed by atoms with van der Waals surface area (Å²) in [5.74, 6) is 0.222. The molecule has 21 heavy (non-hydrogen) atoms. The summed E-state index contributed by atoms with van der Waals surface area (Å²) in [6.45, 7) is 1.41. The molecule has 1 aromatic heterocycles. The van der Waals surface area contributed by atoms with Crippen molar-refractivity contribution in [3.05, 3.63) is 51.7 Å². The number of fused-ring (bicyclic) bond motifs is 1. The number of hydrogen-bond acceptors (Lipinski definition) is 4. The fraction of sp³-hybridized carbons (Fsp3) is 0.312. The van der Waals surface area contributed by atoms with Crippen molar-refractivity contribution < 1.29 is 9.90 Å². The fourth-order valence-electron chi connectivity index (χ4n) is 2.64. The molecule has 0 bridgehead atoms. The molecule has 110 valence electrons. The predicted molar refractivity (Wildman–Crippen MR) is 83.2 cm³/mol. The number of hydrogen-bond donors (Lipinski definition) is 2. The third-order valence-corrected chi connectivity index (χ3v) is 4.85. The first-order valence-corrected chi connectivity index (χ1v) is 7.89. The van der Waals surface area contributed by atoms with Gasteiger partial charge in [0.15, 0.2) is 0 Å². The predicted octanol–water partition coefficient (Wildman–Crippen LogP) is 1.91. The number of aromatic hydroxyl groups is 1. The van der Waals surface area contributed by atoms with Crippen molar-refractivity contribution in [3.63, 3.8) is 0 Å². The van der Waals surface area contributed by atoms with Gasteiger partial charge in [-0.2, -0.15) is 0 Å². The van der Waals surface area contributed by atoms with Crippen LogP contribution in [-0.2, 0) is 24.2 Å². The Hall–Kier alpha value is -1.85. The number of carbonyl (C=O) groups excluding carboxylic acids is 1. The molecular weight excluding hydrogens is 284 g/mol. The van der Waals surface area contributed by atoms with E-state index in [1.54, 1.807) is 35.6 Å².